The number of hydrogen-bond acceptors (Lipinski definition) is 4. The first-order chi connectivity index (χ1) is 12.4. The standard InChI is InChI=1S/C18H23ClN4O3/c1-12(13-6-5-7-14(19)10-13)20-11-15(24)22-23-16(25)18(21-17(23)26)8-3-2-4-9-18/h5-7,10,12,20H,2-4,8-9,11H2,1H3,(H,21,26)(H,22,24)/t12-/m1/s1. The van der Waals surface area contributed by atoms with Crippen LogP contribution in [0.3, 0.4) is 0 Å². The fraction of sp³-hybridized carbons (Fsp3) is 0.500. The van der Waals surface area contributed by atoms with Gasteiger partial charge in [-0.15, -0.1) is 0 Å². The zero-order valence-electron chi connectivity index (χ0n) is 14.7. The number of imide groups is 1. The van der Waals surface area contributed by atoms with Gasteiger partial charge in [0.15, 0.2) is 0 Å². The largest absolute Gasteiger partial charge is 0.344 e. The lowest BCUT2D eigenvalue weighted by Gasteiger charge is -2.30. The Bertz CT molecular complexity index is 718. The van der Waals surface area contributed by atoms with Crippen molar-refractivity contribution in [2.75, 3.05) is 6.54 Å². The number of carbonyl (C=O) groups is 3. The Labute approximate surface area is 157 Å². The summed E-state index contributed by atoms with van der Waals surface area (Å²) in [4.78, 5) is 36.9. The third-order valence-electron chi connectivity index (χ3n) is 5.02. The van der Waals surface area contributed by atoms with Crippen LogP contribution in [0.4, 0.5) is 4.79 Å². The summed E-state index contributed by atoms with van der Waals surface area (Å²) in [6, 6.07) is 6.68. The fourth-order valence-electron chi connectivity index (χ4n) is 3.52. The van der Waals surface area contributed by atoms with E-state index in [1.807, 2.05) is 25.1 Å². The van der Waals surface area contributed by atoms with E-state index in [1.165, 1.54) is 0 Å². The smallest absolute Gasteiger partial charge is 0.322 e. The summed E-state index contributed by atoms with van der Waals surface area (Å²) >= 11 is 5.97. The van der Waals surface area contributed by atoms with E-state index in [0.29, 0.717) is 17.9 Å². The molecule has 4 amide bonds. The molecule has 26 heavy (non-hydrogen) atoms. The van der Waals surface area contributed by atoms with Gasteiger partial charge in [-0.1, -0.05) is 43.0 Å². The predicted octanol–water partition coefficient (Wildman–Crippen LogP) is 2.28. The Morgan fingerprint density at radius 3 is 2.73 bits per heavy atom. The zero-order valence-corrected chi connectivity index (χ0v) is 15.4. The van der Waals surface area contributed by atoms with E-state index in [1.54, 1.807) is 6.07 Å². The molecular formula is C18H23ClN4O3. The highest BCUT2D eigenvalue weighted by molar-refractivity contribution is 6.30. The van der Waals surface area contributed by atoms with E-state index >= 15 is 0 Å². The van der Waals surface area contributed by atoms with Crippen LogP contribution in [0.1, 0.15) is 50.6 Å². The first-order valence-corrected chi connectivity index (χ1v) is 9.24. The minimum absolute atomic E-state index is 0.0300. The molecule has 1 saturated carbocycles. The van der Waals surface area contributed by atoms with Gasteiger partial charge in [0.2, 0.25) is 0 Å². The molecule has 1 spiro atoms. The van der Waals surface area contributed by atoms with E-state index in [4.69, 9.17) is 11.6 Å². The molecule has 3 N–H and O–H groups in total. The van der Waals surface area contributed by atoms with Crippen LogP contribution in [0, 0.1) is 0 Å². The van der Waals surface area contributed by atoms with Crippen molar-refractivity contribution in [3.8, 4) is 0 Å². The second kappa shape index (κ2) is 7.63. The lowest BCUT2D eigenvalue weighted by molar-refractivity contribution is -0.139. The summed E-state index contributed by atoms with van der Waals surface area (Å²) in [5.74, 6) is -0.811. The number of nitrogens with zero attached hydrogens (tertiary/aromatic N) is 1. The van der Waals surface area contributed by atoms with Crippen LogP contribution >= 0.6 is 11.6 Å². The predicted molar refractivity (Wildman–Crippen MR) is 97.2 cm³/mol. The van der Waals surface area contributed by atoms with Crippen molar-refractivity contribution in [2.45, 2.75) is 50.6 Å². The average Bonchev–Trinajstić information content (AvgIpc) is 2.84. The first kappa shape index (κ1) is 18.7. The quantitative estimate of drug-likeness (QED) is 0.685. The van der Waals surface area contributed by atoms with Crippen LogP contribution in [0.5, 0.6) is 0 Å². The maximum Gasteiger partial charge on any atom is 0.344 e. The highest BCUT2D eigenvalue weighted by Crippen LogP contribution is 2.32. The number of benzene rings is 1. The molecule has 140 valence electrons. The summed E-state index contributed by atoms with van der Waals surface area (Å²) in [5.41, 5.74) is 2.52. The summed E-state index contributed by atoms with van der Waals surface area (Å²) in [5, 5.41) is 7.26. The molecule has 0 aromatic heterocycles. The minimum Gasteiger partial charge on any atom is -0.322 e. The van der Waals surface area contributed by atoms with Crippen molar-refractivity contribution in [1.82, 2.24) is 21.1 Å². The number of halogens is 1. The van der Waals surface area contributed by atoms with Gasteiger partial charge < -0.3 is 10.6 Å². The van der Waals surface area contributed by atoms with Crippen LogP contribution in [0.2, 0.25) is 5.02 Å². The second-order valence-electron chi connectivity index (χ2n) is 6.91. The number of urea groups is 1. The first-order valence-electron chi connectivity index (χ1n) is 8.86. The summed E-state index contributed by atoms with van der Waals surface area (Å²) in [7, 11) is 0. The molecule has 0 radical (unpaired) electrons. The number of nitrogens with one attached hydrogen (secondary N) is 3. The molecule has 1 aliphatic carbocycles. The van der Waals surface area contributed by atoms with E-state index in [0.717, 1.165) is 29.8 Å². The van der Waals surface area contributed by atoms with Crippen molar-refractivity contribution in [1.29, 1.82) is 0 Å². The monoisotopic (exact) mass is 378 g/mol. The number of hydrogen-bond donors (Lipinski definition) is 3. The molecule has 1 saturated heterocycles. The average molecular weight is 379 g/mol. The molecule has 1 aromatic carbocycles. The lowest BCUT2D eigenvalue weighted by Crippen LogP contribution is -2.52. The summed E-state index contributed by atoms with van der Waals surface area (Å²) in [6.45, 7) is 1.88. The maximum absolute atomic E-state index is 12.6. The number of hydrazine groups is 1. The molecule has 1 atom stereocenters. The van der Waals surface area contributed by atoms with Gasteiger partial charge in [0.05, 0.1) is 6.54 Å². The molecule has 0 unspecified atom stereocenters. The molecule has 1 aromatic rings. The van der Waals surface area contributed by atoms with Crippen LogP contribution in [0.15, 0.2) is 24.3 Å². The molecule has 8 heteroatoms. The van der Waals surface area contributed by atoms with Crippen LogP contribution < -0.4 is 16.1 Å². The van der Waals surface area contributed by atoms with Crippen LogP contribution in [-0.2, 0) is 9.59 Å². The van der Waals surface area contributed by atoms with Crippen molar-refractivity contribution in [3.63, 3.8) is 0 Å². The van der Waals surface area contributed by atoms with Gasteiger partial charge >= 0.3 is 6.03 Å². The Balaban J connectivity index is 1.54. The third kappa shape index (κ3) is 3.83. The molecule has 7 nitrogen and oxygen atoms in total. The number of carbonyl (C=O) groups excluding carboxylic acids is 3. The molecule has 1 aliphatic heterocycles. The number of amides is 4. The molecular weight excluding hydrogens is 356 g/mol. The van der Waals surface area contributed by atoms with Crippen LogP contribution in [-0.4, -0.2) is 34.9 Å². The summed E-state index contributed by atoms with van der Waals surface area (Å²) < 4.78 is 0. The molecule has 0 bridgehead atoms. The Hall–Kier alpha value is -2.12. The van der Waals surface area contributed by atoms with Crippen LogP contribution in [0.25, 0.3) is 0 Å². The maximum atomic E-state index is 12.6. The Morgan fingerprint density at radius 1 is 1.31 bits per heavy atom. The molecule has 3 rings (SSSR count). The fourth-order valence-corrected chi connectivity index (χ4v) is 3.72. The highest BCUT2D eigenvalue weighted by Gasteiger charge is 2.52. The van der Waals surface area contributed by atoms with Gasteiger partial charge in [0.1, 0.15) is 5.54 Å². The van der Waals surface area contributed by atoms with Gasteiger partial charge in [0.25, 0.3) is 11.8 Å². The number of rotatable bonds is 5. The second-order valence-corrected chi connectivity index (χ2v) is 7.34. The van der Waals surface area contributed by atoms with Gasteiger partial charge in [-0.05, 0) is 37.5 Å². The van der Waals surface area contributed by atoms with Crippen molar-refractivity contribution in [2.24, 2.45) is 0 Å². The van der Waals surface area contributed by atoms with E-state index < -0.39 is 17.5 Å². The van der Waals surface area contributed by atoms with Gasteiger partial charge in [-0.25, -0.2) is 4.79 Å². The Morgan fingerprint density at radius 2 is 2.04 bits per heavy atom. The Kier molecular flexibility index (Phi) is 5.48. The SMILES string of the molecule is C[C@@H](NCC(=O)NN1C(=O)NC2(CCCCC2)C1=O)c1cccc(Cl)c1. The van der Waals surface area contributed by atoms with Gasteiger partial charge in [-0.3, -0.25) is 15.0 Å². The minimum atomic E-state index is -0.843. The molecule has 2 aliphatic rings. The lowest BCUT2D eigenvalue weighted by atomic mass is 9.82. The third-order valence-corrected chi connectivity index (χ3v) is 5.26. The molecule has 2 fully saturated rings. The van der Waals surface area contributed by atoms with E-state index in [-0.39, 0.29) is 18.5 Å². The van der Waals surface area contributed by atoms with E-state index in [2.05, 4.69) is 16.1 Å². The summed E-state index contributed by atoms with van der Waals surface area (Å²) in [6.07, 6.45) is 4.09. The molecule has 1 heterocycles. The topological polar surface area (TPSA) is 90.5 Å². The van der Waals surface area contributed by atoms with Crippen molar-refractivity contribution in [3.05, 3.63) is 34.9 Å². The van der Waals surface area contributed by atoms with E-state index in [9.17, 15) is 14.4 Å². The highest BCUT2D eigenvalue weighted by atomic mass is 35.5. The van der Waals surface area contributed by atoms with Crippen molar-refractivity contribution < 1.29 is 14.4 Å². The zero-order chi connectivity index (χ0) is 18.7. The van der Waals surface area contributed by atoms with Gasteiger partial charge in [-0.2, -0.15) is 5.01 Å². The van der Waals surface area contributed by atoms with Gasteiger partial charge in [0, 0.05) is 11.1 Å². The normalized spacial score (nSPS) is 20.2. The van der Waals surface area contributed by atoms with Crippen molar-refractivity contribution >= 4 is 29.4 Å².